The number of nitrogens with zero attached hydrogens (tertiary/aromatic N) is 4. The molecule has 12 nitrogen and oxygen atoms in total. The molecule has 0 aromatic heterocycles. The van der Waals surface area contributed by atoms with Crippen LogP contribution in [0, 0.1) is 46.3 Å². The number of likely N-dealkylation sites (tertiary alicyclic amines) is 4. The van der Waals surface area contributed by atoms with Crippen molar-refractivity contribution in [2.45, 2.75) is 206 Å². The van der Waals surface area contributed by atoms with Crippen LogP contribution in [0.25, 0.3) is 0 Å². The summed E-state index contributed by atoms with van der Waals surface area (Å²) in [6.45, 7) is 33.4. The summed E-state index contributed by atoms with van der Waals surface area (Å²) in [5.41, 5.74) is -8.53. The molecule has 12 heteroatoms. The second-order valence-electron chi connectivity index (χ2n) is 25.5. The van der Waals surface area contributed by atoms with Crippen LogP contribution < -0.4 is 0 Å². The van der Waals surface area contributed by atoms with Crippen LogP contribution in [0.4, 0.5) is 0 Å². The van der Waals surface area contributed by atoms with Crippen molar-refractivity contribution in [1.29, 1.82) is 0 Å². The minimum absolute atomic E-state index is 0.330. The number of rotatable bonds is 11. The van der Waals surface area contributed by atoms with Gasteiger partial charge in [0.2, 0.25) is 0 Å². The Hall–Kier alpha value is -2.28. The van der Waals surface area contributed by atoms with Gasteiger partial charge in [0.25, 0.3) is 0 Å². The molecule has 0 aromatic rings. The van der Waals surface area contributed by atoms with Gasteiger partial charge in [-0.2, -0.15) is 0 Å². The van der Waals surface area contributed by atoms with Gasteiger partial charge in [-0.05, 0) is 214 Å². The van der Waals surface area contributed by atoms with E-state index in [1.54, 1.807) is 0 Å². The van der Waals surface area contributed by atoms with Gasteiger partial charge in [-0.15, -0.1) is 0 Å². The average molecular weight is 861 g/mol. The lowest BCUT2D eigenvalue weighted by Gasteiger charge is -2.65. The first-order chi connectivity index (χ1) is 27.2. The van der Waals surface area contributed by atoms with E-state index in [1.807, 2.05) is 14.1 Å². The molecule has 352 valence electrons. The summed E-state index contributed by atoms with van der Waals surface area (Å²) in [6, 6.07) is 0. The maximum absolute atomic E-state index is 15.8. The van der Waals surface area contributed by atoms with Crippen LogP contribution in [0.5, 0.6) is 0 Å². The normalized spacial score (nSPS) is 28.7. The highest BCUT2D eigenvalue weighted by atomic mass is 16.5. The first-order valence-corrected chi connectivity index (χ1v) is 22.9. The maximum Gasteiger partial charge on any atom is 0.313 e. The van der Waals surface area contributed by atoms with Crippen LogP contribution in [-0.2, 0) is 23.9 Å². The highest BCUT2D eigenvalue weighted by Gasteiger charge is 2.74. The first-order valence-electron chi connectivity index (χ1n) is 22.9. The van der Waals surface area contributed by atoms with Gasteiger partial charge in [-0.25, -0.2) is 0 Å². The molecule has 0 aliphatic carbocycles. The highest BCUT2D eigenvalue weighted by molar-refractivity contribution is 5.93. The number of carbonyl (C=O) groups excluding carboxylic acids is 1. The number of ether oxygens (including phenoxy) is 1. The van der Waals surface area contributed by atoms with E-state index in [4.69, 9.17) is 4.74 Å². The Kier molecular flexibility index (Phi) is 13.2. The van der Waals surface area contributed by atoms with Crippen molar-refractivity contribution >= 4 is 23.9 Å². The van der Waals surface area contributed by atoms with E-state index >= 15 is 19.2 Å². The molecule has 4 saturated heterocycles. The number of carboxylic acid groups (broad SMARTS) is 3. The molecule has 4 aliphatic rings. The molecule has 0 radical (unpaired) electrons. The van der Waals surface area contributed by atoms with Crippen LogP contribution >= 0.6 is 0 Å². The van der Waals surface area contributed by atoms with Crippen molar-refractivity contribution in [3.63, 3.8) is 0 Å². The molecular weight excluding hydrogens is 773 g/mol. The van der Waals surface area contributed by atoms with Gasteiger partial charge < -0.3 is 20.1 Å². The Morgan fingerprint density at radius 1 is 0.426 bits per heavy atom. The van der Waals surface area contributed by atoms with Crippen molar-refractivity contribution in [3.8, 4) is 0 Å². The first kappa shape index (κ1) is 51.4. The van der Waals surface area contributed by atoms with Gasteiger partial charge in [0, 0.05) is 44.3 Å². The number of hydrogen-bond donors (Lipinski definition) is 3. The minimum Gasteiger partial charge on any atom is -0.481 e. The molecule has 0 saturated carbocycles. The molecule has 4 heterocycles. The molecule has 4 rings (SSSR count). The summed E-state index contributed by atoms with van der Waals surface area (Å²) >= 11 is 0. The van der Waals surface area contributed by atoms with E-state index in [-0.39, 0.29) is 0 Å². The molecular formula is C49H88N4O8. The number of carboxylic acids is 3. The molecule has 2 unspecified atom stereocenters. The van der Waals surface area contributed by atoms with Crippen molar-refractivity contribution in [3.05, 3.63) is 0 Å². The quantitative estimate of drug-likeness (QED) is 0.172. The summed E-state index contributed by atoms with van der Waals surface area (Å²) in [4.78, 5) is 70.3. The molecule has 4 aliphatic heterocycles. The largest absolute Gasteiger partial charge is 0.481 e. The van der Waals surface area contributed by atoms with Crippen LogP contribution in [0.1, 0.15) is 162 Å². The van der Waals surface area contributed by atoms with Crippen molar-refractivity contribution in [1.82, 2.24) is 19.6 Å². The molecule has 0 bridgehead atoms. The number of aliphatic carboxylic acids is 3. The summed E-state index contributed by atoms with van der Waals surface area (Å²) < 4.78 is 5.95. The summed E-state index contributed by atoms with van der Waals surface area (Å²) in [7, 11) is 9.45. The van der Waals surface area contributed by atoms with E-state index in [0.717, 1.165) is 0 Å². The Morgan fingerprint density at radius 2 is 0.607 bits per heavy atom. The lowest BCUT2D eigenvalue weighted by atomic mass is 9.42. The zero-order chi connectivity index (χ0) is 47.4. The van der Waals surface area contributed by atoms with Crippen LogP contribution in [0.15, 0.2) is 0 Å². The van der Waals surface area contributed by atoms with E-state index in [2.05, 4.69) is 144 Å². The third kappa shape index (κ3) is 8.21. The molecule has 4 fully saturated rings. The van der Waals surface area contributed by atoms with Gasteiger partial charge in [-0.1, -0.05) is 0 Å². The lowest BCUT2D eigenvalue weighted by Crippen LogP contribution is -2.72. The maximum atomic E-state index is 15.8. The Balaban J connectivity index is 2.32. The Labute approximate surface area is 369 Å². The van der Waals surface area contributed by atoms with Gasteiger partial charge in [0.15, 0.2) is 0 Å². The molecule has 0 aromatic carbocycles. The SMILES string of the molecule is COC(=O)C(C1CC(C)(C)N(C)C(C)(C)C1)(C1CC(C)(C)N(C)C(C)(C)C1)C(C(=O)O)C(C(=O)O)C(C(=O)O)(C1CC(C)(C)N(C)C(C)(C)C1)C1CC(C)(C)N(C)C(C)(C)C1. The fourth-order valence-corrected chi connectivity index (χ4v) is 14.9. The highest BCUT2D eigenvalue weighted by Crippen LogP contribution is 2.67. The van der Waals surface area contributed by atoms with Gasteiger partial charge in [-0.3, -0.25) is 38.8 Å². The van der Waals surface area contributed by atoms with E-state index in [1.165, 1.54) is 7.11 Å². The summed E-state index contributed by atoms with van der Waals surface area (Å²) in [6.07, 6.45) is 2.85. The fraction of sp³-hybridized carbons (Fsp3) is 0.918. The summed E-state index contributed by atoms with van der Waals surface area (Å²) in [5.74, 6) is -11.8. The lowest BCUT2D eigenvalue weighted by molar-refractivity contribution is -0.223. The predicted molar refractivity (Wildman–Crippen MR) is 241 cm³/mol. The molecule has 2 atom stereocenters. The van der Waals surface area contributed by atoms with E-state index in [9.17, 15) is 15.3 Å². The van der Waals surface area contributed by atoms with Gasteiger partial charge >= 0.3 is 23.9 Å². The van der Waals surface area contributed by atoms with Gasteiger partial charge in [0.05, 0.1) is 29.8 Å². The Morgan fingerprint density at radius 3 is 0.770 bits per heavy atom. The zero-order valence-electron chi connectivity index (χ0n) is 42.3. The Bertz CT molecular complexity index is 1550. The van der Waals surface area contributed by atoms with E-state index < -0.39 is 115 Å². The molecule has 3 N–H and O–H groups in total. The average Bonchev–Trinajstić information content (AvgIpc) is 3.07. The third-order valence-corrected chi connectivity index (χ3v) is 18.7. The standard InChI is InChI=1S/C49H88N4O8/c1-40(2)22-30(23-41(3,4)50(40)17)48(38(58)59,31-24-42(5,6)51(18)43(7,8)25-31)34(36(54)55)35(37(56)57)49(39(60)61-21,32-26-44(9,10)52(19)45(11,12)27-32)33-28-46(13,14)53(20)47(15,16)29-33/h30-35H,22-29H2,1-21H3,(H,54,55)(H,56,57)(H,58,59). The van der Waals surface area contributed by atoms with Crippen LogP contribution in [-0.4, -0.2) is 138 Å². The van der Waals surface area contributed by atoms with Crippen LogP contribution in [0.2, 0.25) is 0 Å². The van der Waals surface area contributed by atoms with Crippen molar-refractivity contribution in [2.24, 2.45) is 46.3 Å². The number of carbonyl (C=O) groups is 4. The monoisotopic (exact) mass is 861 g/mol. The number of esters is 1. The van der Waals surface area contributed by atoms with Crippen molar-refractivity contribution in [2.75, 3.05) is 35.3 Å². The molecule has 61 heavy (non-hydrogen) atoms. The molecule has 0 amide bonds. The second kappa shape index (κ2) is 15.7. The topological polar surface area (TPSA) is 151 Å². The van der Waals surface area contributed by atoms with Gasteiger partial charge in [0.1, 0.15) is 0 Å². The van der Waals surface area contributed by atoms with E-state index in [0.29, 0.717) is 51.4 Å². The fourth-order valence-electron chi connectivity index (χ4n) is 14.9. The van der Waals surface area contributed by atoms with Crippen LogP contribution in [0.3, 0.4) is 0 Å². The predicted octanol–water partition coefficient (Wildman–Crippen LogP) is 8.21. The minimum atomic E-state index is -2.12. The number of methoxy groups -OCH3 is 1. The zero-order valence-corrected chi connectivity index (χ0v) is 42.3. The smallest absolute Gasteiger partial charge is 0.313 e. The molecule has 0 spiro atoms. The summed E-state index contributed by atoms with van der Waals surface area (Å²) in [5, 5.41) is 37.0. The third-order valence-electron chi connectivity index (χ3n) is 18.7. The van der Waals surface area contributed by atoms with Crippen molar-refractivity contribution < 1.29 is 39.2 Å². The number of hydrogen-bond acceptors (Lipinski definition) is 9. The number of piperidine rings is 4. The second-order valence-corrected chi connectivity index (χ2v) is 25.5.